The molecule has 0 aliphatic heterocycles. The first kappa shape index (κ1) is 14.0. The van der Waals surface area contributed by atoms with Crippen molar-refractivity contribution in [3.8, 4) is 5.75 Å². The Kier molecular flexibility index (Phi) is 6.06. The van der Waals surface area contributed by atoms with Crippen molar-refractivity contribution in [2.45, 2.75) is 39.5 Å². The van der Waals surface area contributed by atoms with Crippen LogP contribution in [0.15, 0.2) is 18.2 Å². The third kappa shape index (κ3) is 5.22. The summed E-state index contributed by atoms with van der Waals surface area (Å²) in [6.45, 7) is 8.42. The van der Waals surface area contributed by atoms with E-state index in [0.717, 1.165) is 25.3 Å². The van der Waals surface area contributed by atoms with Gasteiger partial charge in [0.15, 0.2) is 0 Å². The molecule has 0 saturated carbocycles. The molecule has 0 unspecified atom stereocenters. The third-order valence-corrected chi connectivity index (χ3v) is 2.83. The molecule has 2 nitrogen and oxygen atoms in total. The molecule has 1 rings (SSSR count). The SMILES string of the molecule is CNCCCCOc1cc(C)cc(C(C)C)c1. The number of unbranched alkanes of at least 4 members (excludes halogenated alkanes) is 1. The Balaban J connectivity index is 2.47. The largest absolute Gasteiger partial charge is 0.494 e. The lowest BCUT2D eigenvalue weighted by molar-refractivity contribution is 0.306. The van der Waals surface area contributed by atoms with Crippen LogP contribution in [-0.2, 0) is 0 Å². The van der Waals surface area contributed by atoms with Crippen LogP contribution in [0.4, 0.5) is 0 Å². The fourth-order valence-corrected chi connectivity index (χ4v) is 1.79. The van der Waals surface area contributed by atoms with Crippen molar-refractivity contribution in [1.82, 2.24) is 5.32 Å². The predicted octanol–water partition coefficient (Wildman–Crippen LogP) is 3.50. The van der Waals surface area contributed by atoms with Crippen molar-refractivity contribution >= 4 is 0 Å². The number of ether oxygens (including phenoxy) is 1. The summed E-state index contributed by atoms with van der Waals surface area (Å²) >= 11 is 0. The van der Waals surface area contributed by atoms with E-state index in [2.05, 4.69) is 44.3 Å². The Morgan fingerprint density at radius 2 is 1.94 bits per heavy atom. The first-order valence-corrected chi connectivity index (χ1v) is 6.52. The lowest BCUT2D eigenvalue weighted by atomic mass is 10.0. The zero-order valence-electron chi connectivity index (χ0n) is 11.5. The zero-order valence-corrected chi connectivity index (χ0v) is 11.5. The highest BCUT2D eigenvalue weighted by Crippen LogP contribution is 2.22. The molecule has 0 atom stereocenters. The second-order valence-corrected chi connectivity index (χ2v) is 4.89. The molecule has 0 aliphatic carbocycles. The van der Waals surface area contributed by atoms with Gasteiger partial charge < -0.3 is 10.1 Å². The van der Waals surface area contributed by atoms with Crippen LogP contribution < -0.4 is 10.1 Å². The Morgan fingerprint density at radius 3 is 2.59 bits per heavy atom. The first-order valence-electron chi connectivity index (χ1n) is 6.52. The van der Waals surface area contributed by atoms with Crippen LogP contribution in [0, 0.1) is 6.92 Å². The smallest absolute Gasteiger partial charge is 0.119 e. The van der Waals surface area contributed by atoms with E-state index in [1.807, 2.05) is 7.05 Å². The second-order valence-electron chi connectivity index (χ2n) is 4.89. The van der Waals surface area contributed by atoms with Crippen molar-refractivity contribution in [2.24, 2.45) is 0 Å². The van der Waals surface area contributed by atoms with E-state index in [1.165, 1.54) is 17.5 Å². The maximum absolute atomic E-state index is 5.80. The van der Waals surface area contributed by atoms with E-state index in [9.17, 15) is 0 Å². The summed E-state index contributed by atoms with van der Waals surface area (Å²) in [6, 6.07) is 6.51. The highest BCUT2D eigenvalue weighted by Gasteiger charge is 2.03. The lowest BCUT2D eigenvalue weighted by Gasteiger charge is -2.11. The quantitative estimate of drug-likeness (QED) is 0.730. The van der Waals surface area contributed by atoms with E-state index in [0.29, 0.717) is 5.92 Å². The van der Waals surface area contributed by atoms with Crippen molar-refractivity contribution in [2.75, 3.05) is 20.2 Å². The van der Waals surface area contributed by atoms with E-state index in [-0.39, 0.29) is 0 Å². The van der Waals surface area contributed by atoms with Crippen molar-refractivity contribution in [1.29, 1.82) is 0 Å². The molecule has 2 heteroatoms. The molecule has 1 aromatic carbocycles. The summed E-state index contributed by atoms with van der Waals surface area (Å²) in [7, 11) is 1.98. The molecule has 96 valence electrons. The van der Waals surface area contributed by atoms with E-state index in [1.54, 1.807) is 0 Å². The number of rotatable bonds is 7. The highest BCUT2D eigenvalue weighted by molar-refractivity contribution is 5.35. The van der Waals surface area contributed by atoms with Crippen molar-refractivity contribution < 1.29 is 4.74 Å². The molecule has 0 radical (unpaired) electrons. The molecule has 1 N–H and O–H groups in total. The fourth-order valence-electron chi connectivity index (χ4n) is 1.79. The molecule has 0 fully saturated rings. The third-order valence-electron chi connectivity index (χ3n) is 2.83. The Morgan fingerprint density at radius 1 is 1.18 bits per heavy atom. The minimum Gasteiger partial charge on any atom is -0.494 e. The van der Waals surface area contributed by atoms with Gasteiger partial charge in [0.25, 0.3) is 0 Å². The predicted molar refractivity (Wildman–Crippen MR) is 73.9 cm³/mol. The molecule has 0 bridgehead atoms. The molecule has 17 heavy (non-hydrogen) atoms. The molecule has 0 aliphatic rings. The summed E-state index contributed by atoms with van der Waals surface area (Å²) in [5.74, 6) is 1.57. The van der Waals surface area contributed by atoms with Crippen LogP contribution in [0.1, 0.15) is 43.7 Å². The van der Waals surface area contributed by atoms with Crippen LogP contribution in [-0.4, -0.2) is 20.2 Å². The minimum absolute atomic E-state index is 0.557. The first-order chi connectivity index (χ1) is 8.13. The van der Waals surface area contributed by atoms with Crippen LogP contribution in [0.5, 0.6) is 5.75 Å². The maximum atomic E-state index is 5.80. The Bertz CT molecular complexity index is 334. The molecule has 0 amide bonds. The average Bonchev–Trinajstić information content (AvgIpc) is 2.28. The molecule has 0 aromatic heterocycles. The summed E-state index contributed by atoms with van der Waals surface area (Å²) in [5.41, 5.74) is 2.64. The highest BCUT2D eigenvalue weighted by atomic mass is 16.5. The van der Waals surface area contributed by atoms with Gasteiger partial charge in [0, 0.05) is 0 Å². The van der Waals surface area contributed by atoms with Gasteiger partial charge in [-0.25, -0.2) is 0 Å². The fraction of sp³-hybridized carbons (Fsp3) is 0.600. The number of aryl methyl sites for hydroxylation is 1. The molecule has 1 aromatic rings. The van der Waals surface area contributed by atoms with Gasteiger partial charge in [-0.2, -0.15) is 0 Å². The van der Waals surface area contributed by atoms with E-state index in [4.69, 9.17) is 4.74 Å². The van der Waals surface area contributed by atoms with Crippen LogP contribution >= 0.6 is 0 Å². The van der Waals surface area contributed by atoms with Gasteiger partial charge in [-0.05, 0) is 62.5 Å². The van der Waals surface area contributed by atoms with Gasteiger partial charge in [-0.1, -0.05) is 19.9 Å². The maximum Gasteiger partial charge on any atom is 0.119 e. The Labute approximate surface area is 105 Å². The minimum atomic E-state index is 0.557. The average molecular weight is 235 g/mol. The molecular weight excluding hydrogens is 210 g/mol. The van der Waals surface area contributed by atoms with E-state index >= 15 is 0 Å². The molecule has 0 saturated heterocycles. The molecule has 0 heterocycles. The van der Waals surface area contributed by atoms with Gasteiger partial charge in [-0.15, -0.1) is 0 Å². The van der Waals surface area contributed by atoms with E-state index < -0.39 is 0 Å². The summed E-state index contributed by atoms with van der Waals surface area (Å²) in [6.07, 6.45) is 2.27. The number of nitrogens with one attached hydrogen (secondary N) is 1. The summed E-state index contributed by atoms with van der Waals surface area (Å²) in [4.78, 5) is 0. The van der Waals surface area contributed by atoms with Crippen molar-refractivity contribution in [3.05, 3.63) is 29.3 Å². The number of benzene rings is 1. The van der Waals surface area contributed by atoms with Crippen molar-refractivity contribution in [3.63, 3.8) is 0 Å². The van der Waals surface area contributed by atoms with Crippen LogP contribution in [0.2, 0.25) is 0 Å². The topological polar surface area (TPSA) is 21.3 Å². The molecular formula is C15H25NO. The summed E-state index contributed by atoms with van der Waals surface area (Å²) < 4.78 is 5.80. The lowest BCUT2D eigenvalue weighted by Crippen LogP contribution is -2.09. The molecule has 0 spiro atoms. The van der Waals surface area contributed by atoms with Gasteiger partial charge in [0.1, 0.15) is 5.75 Å². The number of hydrogen-bond donors (Lipinski definition) is 1. The van der Waals surface area contributed by atoms with Gasteiger partial charge >= 0.3 is 0 Å². The standard InChI is InChI=1S/C15H25NO/c1-12(2)14-9-13(3)10-15(11-14)17-8-6-5-7-16-4/h9-12,16H,5-8H2,1-4H3. The Hall–Kier alpha value is -1.02. The zero-order chi connectivity index (χ0) is 12.7. The van der Waals surface area contributed by atoms with Crippen LogP contribution in [0.3, 0.4) is 0 Å². The van der Waals surface area contributed by atoms with Crippen LogP contribution in [0.25, 0.3) is 0 Å². The normalized spacial score (nSPS) is 10.9. The monoisotopic (exact) mass is 235 g/mol. The van der Waals surface area contributed by atoms with Gasteiger partial charge in [0.2, 0.25) is 0 Å². The second kappa shape index (κ2) is 7.33. The summed E-state index contributed by atoms with van der Waals surface area (Å²) in [5, 5.41) is 3.14. The van der Waals surface area contributed by atoms with Gasteiger partial charge in [-0.3, -0.25) is 0 Å². The van der Waals surface area contributed by atoms with Gasteiger partial charge in [0.05, 0.1) is 6.61 Å². The number of hydrogen-bond acceptors (Lipinski definition) is 2.